The highest BCUT2D eigenvalue weighted by atomic mass is 15.1. The fraction of sp³-hybridized carbons (Fsp3) is 0.727. The van der Waals surface area contributed by atoms with Gasteiger partial charge in [-0.15, -0.1) is 0 Å². The van der Waals surface area contributed by atoms with Crippen LogP contribution in [0.1, 0.15) is 23.9 Å². The molecule has 0 spiro atoms. The lowest BCUT2D eigenvalue weighted by molar-refractivity contribution is 0.623. The van der Waals surface area contributed by atoms with Crippen LogP contribution in [-0.2, 0) is 6.42 Å². The predicted octanol–water partition coefficient (Wildman–Crippen LogP) is 0.768. The molecular weight excluding hydrogens is 188 g/mol. The van der Waals surface area contributed by atoms with Crippen LogP contribution in [0.15, 0.2) is 0 Å². The van der Waals surface area contributed by atoms with E-state index in [9.17, 15) is 0 Å². The van der Waals surface area contributed by atoms with Gasteiger partial charge in [0.25, 0.3) is 0 Å². The highest BCUT2D eigenvalue weighted by molar-refractivity contribution is 5.23. The van der Waals surface area contributed by atoms with Crippen molar-refractivity contribution in [1.82, 2.24) is 20.8 Å². The first kappa shape index (κ1) is 12.2. The predicted molar refractivity (Wildman–Crippen MR) is 63.2 cm³/mol. The molecule has 4 nitrogen and oxygen atoms in total. The van der Waals surface area contributed by atoms with Crippen LogP contribution in [0.4, 0.5) is 0 Å². The lowest BCUT2D eigenvalue weighted by atomic mass is 10.1. The van der Waals surface area contributed by atoms with Gasteiger partial charge in [0.1, 0.15) is 0 Å². The van der Waals surface area contributed by atoms with Crippen LogP contribution in [0.3, 0.4) is 0 Å². The maximum atomic E-state index is 4.18. The van der Waals surface area contributed by atoms with Crippen LogP contribution in [0.25, 0.3) is 0 Å². The highest BCUT2D eigenvalue weighted by Crippen LogP contribution is 2.08. The molecule has 0 bridgehead atoms. The summed E-state index contributed by atoms with van der Waals surface area (Å²) in [7, 11) is 0. The standard InChI is InChI=1S/C11H22N4/c1-4-12-7-8-13-6-5-11-9(2)14-15-10(11)3/h12-13H,4-8H2,1-3H3,(H,14,15). The van der Waals surface area contributed by atoms with Crippen LogP contribution >= 0.6 is 0 Å². The van der Waals surface area contributed by atoms with Gasteiger partial charge in [0, 0.05) is 18.8 Å². The second kappa shape index (κ2) is 6.58. The van der Waals surface area contributed by atoms with E-state index in [0.717, 1.165) is 38.3 Å². The van der Waals surface area contributed by atoms with Gasteiger partial charge in [0.15, 0.2) is 0 Å². The lowest BCUT2D eigenvalue weighted by Crippen LogP contribution is -2.28. The minimum Gasteiger partial charge on any atom is -0.316 e. The third kappa shape index (κ3) is 4.01. The van der Waals surface area contributed by atoms with Crippen molar-refractivity contribution in [3.05, 3.63) is 17.0 Å². The van der Waals surface area contributed by atoms with E-state index in [1.165, 1.54) is 11.3 Å². The number of nitrogens with zero attached hydrogens (tertiary/aromatic N) is 1. The number of H-pyrrole nitrogens is 1. The molecule has 0 unspecified atom stereocenters. The number of aromatic amines is 1. The van der Waals surface area contributed by atoms with Crippen LogP contribution in [0, 0.1) is 13.8 Å². The SMILES string of the molecule is CCNCCNCCc1c(C)n[nH]c1C. The van der Waals surface area contributed by atoms with Crippen molar-refractivity contribution in [1.29, 1.82) is 0 Å². The highest BCUT2D eigenvalue weighted by Gasteiger charge is 2.04. The van der Waals surface area contributed by atoms with Crippen LogP contribution in [0.2, 0.25) is 0 Å². The van der Waals surface area contributed by atoms with Crippen molar-refractivity contribution in [3.8, 4) is 0 Å². The van der Waals surface area contributed by atoms with Gasteiger partial charge in [0.2, 0.25) is 0 Å². The molecule has 0 amide bonds. The average Bonchev–Trinajstić information content (AvgIpc) is 2.54. The quantitative estimate of drug-likeness (QED) is 0.583. The zero-order valence-electron chi connectivity index (χ0n) is 9.98. The van der Waals surface area contributed by atoms with Crippen LogP contribution in [0.5, 0.6) is 0 Å². The third-order valence-corrected chi connectivity index (χ3v) is 2.56. The Balaban J connectivity index is 2.15. The van der Waals surface area contributed by atoms with Crippen molar-refractivity contribution in [2.24, 2.45) is 0 Å². The Bertz CT molecular complexity index is 261. The molecule has 1 aromatic heterocycles. The molecule has 4 heteroatoms. The lowest BCUT2D eigenvalue weighted by Gasteiger charge is -2.05. The van der Waals surface area contributed by atoms with Crippen LogP contribution < -0.4 is 10.6 Å². The molecule has 1 aromatic rings. The van der Waals surface area contributed by atoms with E-state index in [4.69, 9.17) is 0 Å². The largest absolute Gasteiger partial charge is 0.316 e. The minimum atomic E-state index is 1.02. The molecule has 0 saturated carbocycles. The van der Waals surface area contributed by atoms with Gasteiger partial charge >= 0.3 is 0 Å². The van der Waals surface area contributed by atoms with E-state index in [1.54, 1.807) is 0 Å². The zero-order valence-corrected chi connectivity index (χ0v) is 9.98. The van der Waals surface area contributed by atoms with Crippen molar-refractivity contribution in [2.45, 2.75) is 27.2 Å². The van der Waals surface area contributed by atoms with Gasteiger partial charge in [-0.1, -0.05) is 6.92 Å². The van der Waals surface area contributed by atoms with Gasteiger partial charge in [0.05, 0.1) is 5.69 Å². The molecule has 1 rings (SSSR count). The summed E-state index contributed by atoms with van der Waals surface area (Å²) in [5, 5.41) is 13.9. The maximum Gasteiger partial charge on any atom is 0.0626 e. The summed E-state index contributed by atoms with van der Waals surface area (Å²) in [6.07, 6.45) is 1.06. The normalized spacial score (nSPS) is 10.9. The van der Waals surface area contributed by atoms with Gasteiger partial charge in [-0.3, -0.25) is 5.10 Å². The number of hydrogen-bond acceptors (Lipinski definition) is 3. The molecule has 0 aromatic carbocycles. The summed E-state index contributed by atoms with van der Waals surface area (Å²) < 4.78 is 0. The first-order valence-electron chi connectivity index (χ1n) is 5.67. The molecule has 15 heavy (non-hydrogen) atoms. The molecule has 0 radical (unpaired) electrons. The first-order valence-corrected chi connectivity index (χ1v) is 5.67. The van der Waals surface area contributed by atoms with Gasteiger partial charge in [-0.25, -0.2) is 0 Å². The second-order valence-corrected chi connectivity index (χ2v) is 3.77. The van der Waals surface area contributed by atoms with Crippen molar-refractivity contribution < 1.29 is 0 Å². The van der Waals surface area contributed by atoms with E-state index >= 15 is 0 Å². The Kier molecular flexibility index (Phi) is 5.36. The molecule has 86 valence electrons. The van der Waals surface area contributed by atoms with E-state index in [2.05, 4.69) is 41.6 Å². The van der Waals surface area contributed by atoms with Crippen molar-refractivity contribution >= 4 is 0 Å². The molecule has 0 saturated heterocycles. The van der Waals surface area contributed by atoms with E-state index in [1.807, 2.05) is 0 Å². The Morgan fingerprint density at radius 3 is 2.47 bits per heavy atom. The molecule has 0 fully saturated rings. The summed E-state index contributed by atoms with van der Waals surface area (Å²) in [4.78, 5) is 0. The maximum absolute atomic E-state index is 4.18. The van der Waals surface area contributed by atoms with Crippen molar-refractivity contribution in [2.75, 3.05) is 26.2 Å². The van der Waals surface area contributed by atoms with Crippen molar-refractivity contribution in [3.63, 3.8) is 0 Å². The fourth-order valence-corrected chi connectivity index (χ4v) is 1.63. The Morgan fingerprint density at radius 2 is 1.87 bits per heavy atom. The minimum absolute atomic E-state index is 1.02. The number of nitrogens with one attached hydrogen (secondary N) is 3. The Hall–Kier alpha value is -0.870. The molecule has 3 N–H and O–H groups in total. The topological polar surface area (TPSA) is 52.7 Å². The Labute approximate surface area is 91.8 Å². The van der Waals surface area contributed by atoms with Gasteiger partial charge in [-0.2, -0.15) is 5.10 Å². The van der Waals surface area contributed by atoms with E-state index < -0.39 is 0 Å². The number of rotatable bonds is 7. The summed E-state index contributed by atoms with van der Waals surface area (Å²) in [5.41, 5.74) is 3.67. The summed E-state index contributed by atoms with van der Waals surface area (Å²) in [5.74, 6) is 0. The van der Waals surface area contributed by atoms with Gasteiger partial charge in [-0.05, 0) is 38.9 Å². The van der Waals surface area contributed by atoms with E-state index in [-0.39, 0.29) is 0 Å². The Morgan fingerprint density at radius 1 is 1.13 bits per heavy atom. The third-order valence-electron chi connectivity index (χ3n) is 2.56. The summed E-state index contributed by atoms with van der Waals surface area (Å²) in [6.45, 7) is 10.4. The monoisotopic (exact) mass is 210 g/mol. The van der Waals surface area contributed by atoms with Crippen LogP contribution in [-0.4, -0.2) is 36.4 Å². The molecular formula is C11H22N4. The molecule has 0 atom stereocenters. The molecule has 1 heterocycles. The smallest absolute Gasteiger partial charge is 0.0626 e. The average molecular weight is 210 g/mol. The zero-order chi connectivity index (χ0) is 11.1. The molecule has 0 aliphatic carbocycles. The summed E-state index contributed by atoms with van der Waals surface area (Å²) in [6, 6.07) is 0. The number of aromatic nitrogens is 2. The molecule has 0 aliphatic rings. The van der Waals surface area contributed by atoms with E-state index in [0.29, 0.717) is 0 Å². The fourth-order valence-electron chi connectivity index (χ4n) is 1.63. The molecule has 0 aliphatic heterocycles. The summed E-state index contributed by atoms with van der Waals surface area (Å²) >= 11 is 0. The second-order valence-electron chi connectivity index (χ2n) is 3.77. The number of aryl methyl sites for hydroxylation is 2. The first-order chi connectivity index (χ1) is 7.25. The van der Waals surface area contributed by atoms with Gasteiger partial charge < -0.3 is 10.6 Å². The number of hydrogen-bond donors (Lipinski definition) is 3. The number of likely N-dealkylation sites (N-methyl/N-ethyl adjacent to an activating group) is 1.